The Morgan fingerprint density at radius 3 is 2.53 bits per heavy atom. The van der Waals surface area contributed by atoms with Crippen LogP contribution in [0.5, 0.6) is 0 Å². The number of halogens is 1. The van der Waals surface area contributed by atoms with Gasteiger partial charge in [0.25, 0.3) is 5.56 Å². The van der Waals surface area contributed by atoms with Crippen molar-refractivity contribution in [1.82, 2.24) is 14.5 Å². The first-order chi connectivity index (χ1) is 17.4. The Kier molecular flexibility index (Phi) is 7.01. The molecule has 2 heterocycles. The van der Waals surface area contributed by atoms with Crippen LogP contribution in [0.25, 0.3) is 33.4 Å². The number of hydrogen-bond donors (Lipinski definition) is 0. The minimum absolute atomic E-state index is 0.00783. The lowest BCUT2D eigenvalue weighted by atomic mass is 9.96. The third-order valence-electron chi connectivity index (χ3n) is 7.49. The molecule has 5 rings (SSSR count). The van der Waals surface area contributed by atoms with Crippen molar-refractivity contribution in [1.29, 1.82) is 0 Å². The molecule has 3 aromatic carbocycles. The number of benzene rings is 3. The van der Waals surface area contributed by atoms with Crippen LogP contribution >= 0.6 is 0 Å². The fraction of sp³-hybridized carbons (Fsp3) is 0.355. The lowest BCUT2D eigenvalue weighted by Crippen LogP contribution is -2.42. The molecule has 0 saturated carbocycles. The fourth-order valence-electron chi connectivity index (χ4n) is 5.44. The number of aryl methyl sites for hydroxylation is 1. The predicted octanol–water partition coefficient (Wildman–Crippen LogP) is 6.55. The van der Waals surface area contributed by atoms with Crippen LogP contribution in [0, 0.1) is 11.7 Å². The zero-order chi connectivity index (χ0) is 25.2. The van der Waals surface area contributed by atoms with Crippen molar-refractivity contribution in [2.45, 2.75) is 52.6 Å². The van der Waals surface area contributed by atoms with E-state index in [4.69, 9.17) is 4.98 Å². The van der Waals surface area contributed by atoms with Crippen LogP contribution in [0.1, 0.15) is 39.2 Å². The first kappa shape index (κ1) is 24.4. The van der Waals surface area contributed by atoms with E-state index in [1.165, 1.54) is 17.7 Å². The van der Waals surface area contributed by atoms with Crippen molar-refractivity contribution >= 4 is 10.9 Å². The molecule has 1 atom stereocenters. The first-order valence-corrected chi connectivity index (χ1v) is 13.1. The molecular weight excluding hydrogens is 449 g/mol. The summed E-state index contributed by atoms with van der Waals surface area (Å²) < 4.78 is 15.4. The molecule has 1 saturated heterocycles. The summed E-state index contributed by atoms with van der Waals surface area (Å²) in [6.07, 6.45) is 3.13. The molecule has 186 valence electrons. The van der Waals surface area contributed by atoms with Gasteiger partial charge >= 0.3 is 0 Å². The van der Waals surface area contributed by atoms with Crippen LogP contribution in [0.3, 0.4) is 0 Å². The number of piperidine rings is 1. The summed E-state index contributed by atoms with van der Waals surface area (Å²) in [7, 11) is 0. The zero-order valence-corrected chi connectivity index (χ0v) is 21.4. The number of rotatable bonds is 6. The Hall–Kier alpha value is -3.31. The lowest BCUT2D eigenvalue weighted by Gasteiger charge is -2.36. The van der Waals surface area contributed by atoms with Crippen molar-refractivity contribution in [2.24, 2.45) is 5.92 Å². The highest BCUT2D eigenvalue weighted by atomic mass is 19.1. The molecule has 5 heteroatoms. The summed E-state index contributed by atoms with van der Waals surface area (Å²) in [6.45, 7) is 9.38. The Bertz CT molecular complexity index is 1420. The van der Waals surface area contributed by atoms with Gasteiger partial charge in [-0.25, -0.2) is 9.37 Å². The molecule has 1 aromatic heterocycles. The highest BCUT2D eigenvalue weighted by Crippen LogP contribution is 2.28. The quantitative estimate of drug-likeness (QED) is 0.312. The van der Waals surface area contributed by atoms with Gasteiger partial charge in [-0.15, -0.1) is 0 Å². The second-order valence-electron chi connectivity index (χ2n) is 10.2. The van der Waals surface area contributed by atoms with E-state index < -0.39 is 0 Å². The van der Waals surface area contributed by atoms with Gasteiger partial charge < -0.3 is 4.90 Å². The number of fused-ring (bicyclic) bond motifs is 1. The highest BCUT2D eigenvalue weighted by molar-refractivity contribution is 5.85. The second kappa shape index (κ2) is 10.4. The molecule has 0 spiro atoms. The number of hydrogen-bond acceptors (Lipinski definition) is 3. The molecule has 1 aliphatic heterocycles. The van der Waals surface area contributed by atoms with Crippen molar-refractivity contribution in [2.75, 3.05) is 13.1 Å². The summed E-state index contributed by atoms with van der Waals surface area (Å²) in [5.74, 6) is 0.873. The smallest absolute Gasteiger partial charge is 0.261 e. The third kappa shape index (κ3) is 4.85. The number of likely N-dealkylation sites (tertiary alicyclic amines) is 1. The van der Waals surface area contributed by atoms with E-state index in [2.05, 4.69) is 37.8 Å². The van der Waals surface area contributed by atoms with Crippen LogP contribution in [0.2, 0.25) is 0 Å². The van der Waals surface area contributed by atoms with Gasteiger partial charge in [-0.3, -0.25) is 9.36 Å². The van der Waals surface area contributed by atoms with E-state index in [1.807, 2.05) is 34.9 Å². The normalized spacial score (nSPS) is 16.6. The molecule has 0 aliphatic carbocycles. The van der Waals surface area contributed by atoms with Gasteiger partial charge in [0.1, 0.15) is 11.6 Å². The number of aromatic nitrogens is 2. The first-order valence-electron chi connectivity index (χ1n) is 13.1. The predicted molar refractivity (Wildman–Crippen MR) is 146 cm³/mol. The Morgan fingerprint density at radius 2 is 1.78 bits per heavy atom. The summed E-state index contributed by atoms with van der Waals surface area (Å²) in [5, 5.41) is 0.603. The topological polar surface area (TPSA) is 38.1 Å². The minimum atomic E-state index is -0.272. The maximum atomic E-state index is 14.1. The van der Waals surface area contributed by atoms with Crippen molar-refractivity contribution < 1.29 is 4.39 Å². The maximum absolute atomic E-state index is 14.1. The third-order valence-corrected chi connectivity index (χ3v) is 7.49. The largest absolute Gasteiger partial charge is 0.301 e. The average Bonchev–Trinajstić information content (AvgIpc) is 2.90. The molecule has 0 N–H and O–H groups in total. The SMILES string of the molecule is CCc1ccccc1-c1nc2ccc(-c3ccc(F)cc3)cc2c(=O)n1CC1CCCN(C(C)C)C1. The standard InChI is InChI=1S/C31H34FN3O/c1-4-23-9-5-6-10-27(23)30-33-29-16-13-25(24-11-14-26(32)15-12-24)18-28(29)31(36)35(30)20-22-8-7-17-34(19-22)21(2)3/h5-6,9-16,18,21-22H,4,7-8,17,19-20H2,1-3H3. The van der Waals surface area contributed by atoms with Crippen LogP contribution in [0.4, 0.5) is 4.39 Å². The molecular formula is C31H34FN3O. The Labute approximate surface area is 212 Å². The van der Waals surface area contributed by atoms with E-state index >= 15 is 0 Å². The molecule has 0 bridgehead atoms. The Balaban J connectivity index is 1.65. The highest BCUT2D eigenvalue weighted by Gasteiger charge is 2.24. The van der Waals surface area contributed by atoms with Gasteiger partial charge in [0.15, 0.2) is 0 Å². The van der Waals surface area contributed by atoms with Gasteiger partial charge in [-0.1, -0.05) is 49.4 Å². The molecule has 1 aliphatic rings. The summed E-state index contributed by atoms with van der Waals surface area (Å²) in [4.78, 5) is 21.7. The van der Waals surface area contributed by atoms with Gasteiger partial charge in [0, 0.05) is 24.7 Å². The van der Waals surface area contributed by atoms with E-state index in [1.54, 1.807) is 12.1 Å². The molecule has 4 nitrogen and oxygen atoms in total. The van der Waals surface area contributed by atoms with Gasteiger partial charge in [-0.2, -0.15) is 0 Å². The molecule has 1 fully saturated rings. The van der Waals surface area contributed by atoms with Crippen molar-refractivity contribution in [3.63, 3.8) is 0 Å². The maximum Gasteiger partial charge on any atom is 0.261 e. The number of nitrogens with zero attached hydrogens (tertiary/aromatic N) is 3. The molecule has 0 radical (unpaired) electrons. The molecule has 36 heavy (non-hydrogen) atoms. The van der Waals surface area contributed by atoms with E-state index in [0.29, 0.717) is 29.4 Å². The van der Waals surface area contributed by atoms with E-state index in [0.717, 1.165) is 54.9 Å². The summed E-state index contributed by atoms with van der Waals surface area (Å²) in [6, 6.07) is 20.9. The minimum Gasteiger partial charge on any atom is -0.301 e. The van der Waals surface area contributed by atoms with Crippen LogP contribution in [-0.2, 0) is 13.0 Å². The van der Waals surface area contributed by atoms with Crippen LogP contribution in [0.15, 0.2) is 71.5 Å². The van der Waals surface area contributed by atoms with Crippen molar-refractivity contribution in [3.8, 4) is 22.5 Å². The van der Waals surface area contributed by atoms with Gasteiger partial charge in [0.05, 0.1) is 10.9 Å². The summed E-state index contributed by atoms with van der Waals surface area (Å²) >= 11 is 0. The van der Waals surface area contributed by atoms with E-state index in [-0.39, 0.29) is 11.4 Å². The van der Waals surface area contributed by atoms with Crippen LogP contribution in [-0.4, -0.2) is 33.6 Å². The Morgan fingerprint density at radius 1 is 1.03 bits per heavy atom. The monoisotopic (exact) mass is 483 g/mol. The van der Waals surface area contributed by atoms with Gasteiger partial charge in [-0.05, 0) is 86.5 Å². The summed E-state index contributed by atoms with van der Waals surface area (Å²) in [5.41, 5.74) is 4.66. The zero-order valence-electron chi connectivity index (χ0n) is 21.4. The van der Waals surface area contributed by atoms with Crippen molar-refractivity contribution in [3.05, 3.63) is 88.5 Å². The molecule has 0 amide bonds. The molecule has 1 unspecified atom stereocenters. The fourth-order valence-corrected chi connectivity index (χ4v) is 5.44. The van der Waals surface area contributed by atoms with E-state index in [9.17, 15) is 9.18 Å². The second-order valence-corrected chi connectivity index (χ2v) is 10.2. The van der Waals surface area contributed by atoms with Gasteiger partial charge in [0.2, 0.25) is 0 Å². The van der Waals surface area contributed by atoms with Crippen LogP contribution < -0.4 is 5.56 Å². The lowest BCUT2D eigenvalue weighted by molar-refractivity contribution is 0.130. The average molecular weight is 484 g/mol. The molecule has 4 aromatic rings.